The Balaban J connectivity index is 1.58. The molecule has 3 aromatic carbocycles. The number of phenols is 1. The van der Waals surface area contributed by atoms with Gasteiger partial charge in [0, 0.05) is 6.07 Å². The summed E-state index contributed by atoms with van der Waals surface area (Å²) in [6.07, 6.45) is -0.997. The summed E-state index contributed by atoms with van der Waals surface area (Å²) in [6, 6.07) is 20.2. The number of hydrogen-bond donors (Lipinski definition) is 1. The molecule has 2 amide bonds. The van der Waals surface area contributed by atoms with Gasteiger partial charge in [-0.05, 0) is 42.0 Å². The third kappa shape index (κ3) is 3.35. The van der Waals surface area contributed by atoms with Gasteiger partial charge in [0.2, 0.25) is 5.91 Å². The first kappa shape index (κ1) is 20.8. The summed E-state index contributed by atoms with van der Waals surface area (Å²) < 4.78 is 10.7. The van der Waals surface area contributed by atoms with Gasteiger partial charge in [0.15, 0.2) is 6.10 Å². The highest BCUT2D eigenvalue weighted by Crippen LogP contribution is 2.49. The molecule has 0 spiro atoms. The number of carbonyl (C=O) groups excluding carboxylic acids is 2. The molecule has 8 nitrogen and oxygen atoms in total. The molecule has 0 aliphatic carbocycles. The van der Waals surface area contributed by atoms with Crippen molar-refractivity contribution in [1.82, 2.24) is 0 Å². The van der Waals surface area contributed by atoms with Crippen molar-refractivity contribution in [2.24, 2.45) is 5.92 Å². The van der Waals surface area contributed by atoms with Gasteiger partial charge in [-0.2, -0.15) is 0 Å². The summed E-state index contributed by atoms with van der Waals surface area (Å²) in [5.41, 5.74) is 1.80. The van der Waals surface area contributed by atoms with Crippen molar-refractivity contribution in [3.05, 3.63) is 78.4 Å². The van der Waals surface area contributed by atoms with Crippen LogP contribution in [0, 0.1) is 5.92 Å². The average Bonchev–Trinajstić information content (AvgIpc) is 3.35. The first-order chi connectivity index (χ1) is 16.0. The Morgan fingerprint density at radius 2 is 1.61 bits per heavy atom. The zero-order valence-electron chi connectivity index (χ0n) is 18.0. The van der Waals surface area contributed by atoms with Crippen LogP contribution in [0.15, 0.2) is 72.8 Å². The number of rotatable bonds is 5. The number of aromatic hydroxyl groups is 1. The van der Waals surface area contributed by atoms with Crippen molar-refractivity contribution < 1.29 is 29.0 Å². The van der Waals surface area contributed by atoms with Crippen molar-refractivity contribution >= 4 is 23.2 Å². The summed E-state index contributed by atoms with van der Waals surface area (Å²) >= 11 is 0. The highest BCUT2D eigenvalue weighted by Gasteiger charge is 2.60. The average molecular weight is 446 g/mol. The number of methoxy groups -OCH3 is 2. The van der Waals surface area contributed by atoms with Crippen LogP contribution in [0.5, 0.6) is 17.2 Å². The van der Waals surface area contributed by atoms with Crippen molar-refractivity contribution in [2.75, 3.05) is 24.2 Å². The lowest BCUT2D eigenvalue weighted by Gasteiger charge is -2.29. The van der Waals surface area contributed by atoms with E-state index in [1.54, 1.807) is 47.5 Å². The topological polar surface area (TPSA) is 88.5 Å². The van der Waals surface area contributed by atoms with Gasteiger partial charge in [-0.15, -0.1) is 0 Å². The number of ether oxygens (including phenoxy) is 2. The molecule has 3 aromatic rings. The standard InChI is InChI=1S/C25H22N2O6/c1-31-18-12-13-19(20(14-18)32-2)26-24(29)21-22(15-8-10-17(28)11-9-15)27(33-23(21)25(26)30)16-6-4-3-5-7-16/h3-14,21-23,28H,1-2H3/t21-,22+,23-/m0/s1. The highest BCUT2D eigenvalue weighted by atomic mass is 16.7. The summed E-state index contributed by atoms with van der Waals surface area (Å²) in [5, 5.41) is 11.4. The molecular weight excluding hydrogens is 424 g/mol. The Bertz CT molecular complexity index is 1200. The van der Waals surface area contributed by atoms with Crippen LogP contribution in [-0.2, 0) is 14.4 Å². The molecule has 2 heterocycles. The highest BCUT2D eigenvalue weighted by molar-refractivity contribution is 6.24. The molecule has 8 heteroatoms. The molecular formula is C25H22N2O6. The summed E-state index contributed by atoms with van der Waals surface area (Å²) in [7, 11) is 3.00. The molecule has 0 saturated carbocycles. The SMILES string of the molecule is COc1ccc(N2C(=O)[C@@H]3[C@H](ON(c4ccccc4)[C@@H]3c3ccc(O)cc3)C2=O)c(OC)c1. The van der Waals surface area contributed by atoms with E-state index in [0.717, 1.165) is 16.2 Å². The summed E-state index contributed by atoms with van der Waals surface area (Å²) in [5.74, 6) is -0.630. The van der Waals surface area contributed by atoms with Gasteiger partial charge in [-0.1, -0.05) is 30.3 Å². The zero-order valence-corrected chi connectivity index (χ0v) is 18.0. The number of hydroxylamine groups is 1. The molecule has 0 radical (unpaired) electrons. The van der Waals surface area contributed by atoms with E-state index in [-0.39, 0.29) is 11.7 Å². The van der Waals surface area contributed by atoms with Crippen LogP contribution >= 0.6 is 0 Å². The Labute approximate surface area is 190 Å². The predicted octanol–water partition coefficient (Wildman–Crippen LogP) is 3.46. The van der Waals surface area contributed by atoms with Crippen molar-refractivity contribution in [1.29, 1.82) is 0 Å². The molecule has 0 bridgehead atoms. The van der Waals surface area contributed by atoms with E-state index < -0.39 is 24.0 Å². The summed E-state index contributed by atoms with van der Waals surface area (Å²) in [6.45, 7) is 0. The fourth-order valence-corrected chi connectivity index (χ4v) is 4.43. The third-order valence-corrected chi connectivity index (χ3v) is 5.99. The zero-order chi connectivity index (χ0) is 23.1. The molecule has 2 fully saturated rings. The lowest BCUT2D eigenvalue weighted by Crippen LogP contribution is -2.37. The van der Waals surface area contributed by atoms with E-state index in [0.29, 0.717) is 17.2 Å². The Morgan fingerprint density at radius 3 is 2.27 bits per heavy atom. The van der Waals surface area contributed by atoms with E-state index in [1.165, 1.54) is 14.2 Å². The Kier molecular flexibility index (Phi) is 5.14. The molecule has 2 aliphatic rings. The fraction of sp³-hybridized carbons (Fsp3) is 0.200. The van der Waals surface area contributed by atoms with Gasteiger partial charge in [0.25, 0.3) is 5.91 Å². The van der Waals surface area contributed by atoms with Crippen LogP contribution < -0.4 is 19.4 Å². The molecule has 0 unspecified atom stereocenters. The molecule has 2 saturated heterocycles. The fourth-order valence-electron chi connectivity index (χ4n) is 4.43. The van der Waals surface area contributed by atoms with Crippen LogP contribution in [0.25, 0.3) is 0 Å². The van der Waals surface area contributed by atoms with Crippen molar-refractivity contribution in [3.8, 4) is 17.2 Å². The molecule has 1 N–H and O–H groups in total. The van der Waals surface area contributed by atoms with E-state index >= 15 is 0 Å². The second-order valence-corrected chi connectivity index (χ2v) is 7.80. The molecule has 5 rings (SSSR count). The van der Waals surface area contributed by atoms with Gasteiger partial charge in [0.1, 0.15) is 23.2 Å². The molecule has 0 aromatic heterocycles. The van der Waals surface area contributed by atoms with Crippen molar-refractivity contribution in [2.45, 2.75) is 12.1 Å². The van der Waals surface area contributed by atoms with E-state index in [9.17, 15) is 14.7 Å². The van der Waals surface area contributed by atoms with Gasteiger partial charge >= 0.3 is 0 Å². The number of carbonyl (C=O) groups is 2. The van der Waals surface area contributed by atoms with E-state index in [4.69, 9.17) is 14.3 Å². The van der Waals surface area contributed by atoms with Gasteiger partial charge in [0.05, 0.1) is 31.6 Å². The smallest absolute Gasteiger partial charge is 0.266 e. The largest absolute Gasteiger partial charge is 0.508 e. The van der Waals surface area contributed by atoms with Gasteiger partial charge in [-0.25, -0.2) is 9.96 Å². The number of anilines is 2. The van der Waals surface area contributed by atoms with Gasteiger partial charge in [-0.3, -0.25) is 14.4 Å². The second kappa shape index (κ2) is 8.14. The number of phenolic OH excluding ortho intramolecular Hbond substituents is 1. The second-order valence-electron chi connectivity index (χ2n) is 7.80. The van der Waals surface area contributed by atoms with Crippen LogP contribution in [0.3, 0.4) is 0 Å². The van der Waals surface area contributed by atoms with Crippen LogP contribution in [-0.4, -0.2) is 37.2 Å². The van der Waals surface area contributed by atoms with Crippen LogP contribution in [0.4, 0.5) is 11.4 Å². The predicted molar refractivity (Wildman–Crippen MR) is 120 cm³/mol. The lowest BCUT2D eigenvalue weighted by atomic mass is 9.90. The minimum Gasteiger partial charge on any atom is -0.508 e. The number of amides is 2. The van der Waals surface area contributed by atoms with Crippen molar-refractivity contribution in [3.63, 3.8) is 0 Å². The maximum atomic E-state index is 13.7. The number of para-hydroxylation sites is 1. The number of hydrogen-bond acceptors (Lipinski definition) is 7. The van der Waals surface area contributed by atoms with E-state index in [2.05, 4.69) is 0 Å². The minimum atomic E-state index is -0.997. The van der Waals surface area contributed by atoms with E-state index in [1.807, 2.05) is 30.3 Å². The maximum absolute atomic E-state index is 13.7. The monoisotopic (exact) mass is 446 g/mol. The number of imide groups is 1. The van der Waals surface area contributed by atoms with Crippen LogP contribution in [0.1, 0.15) is 11.6 Å². The quantitative estimate of drug-likeness (QED) is 0.601. The van der Waals surface area contributed by atoms with Crippen LogP contribution in [0.2, 0.25) is 0 Å². The number of nitrogens with zero attached hydrogens (tertiary/aromatic N) is 2. The lowest BCUT2D eigenvalue weighted by molar-refractivity contribution is -0.126. The molecule has 33 heavy (non-hydrogen) atoms. The Morgan fingerprint density at radius 1 is 0.879 bits per heavy atom. The molecule has 2 aliphatic heterocycles. The molecule has 3 atom stereocenters. The first-order valence-electron chi connectivity index (χ1n) is 10.4. The normalized spacial score (nSPS) is 21.9. The van der Waals surface area contributed by atoms with Gasteiger partial charge < -0.3 is 14.6 Å². The third-order valence-electron chi connectivity index (χ3n) is 5.99. The maximum Gasteiger partial charge on any atom is 0.266 e. The number of benzene rings is 3. The first-order valence-corrected chi connectivity index (χ1v) is 10.4. The molecule has 168 valence electrons. The minimum absolute atomic E-state index is 0.110. The Hall–Kier alpha value is -4.04. The number of fused-ring (bicyclic) bond motifs is 1. The summed E-state index contributed by atoms with van der Waals surface area (Å²) in [4.78, 5) is 34.4.